The smallest absolute Gasteiger partial charge is 0.742 e. The first kappa shape index (κ1) is 18.5. The molecule has 0 bridgehead atoms. The van der Waals surface area contributed by atoms with Crippen molar-refractivity contribution in [2.75, 3.05) is 0 Å². The van der Waals surface area contributed by atoms with Crippen LogP contribution in [0.5, 0.6) is 0 Å². The molecule has 2 heterocycles. The van der Waals surface area contributed by atoms with Crippen LogP contribution in [0.1, 0.15) is 21.8 Å². The van der Waals surface area contributed by atoms with Crippen molar-refractivity contribution in [2.45, 2.75) is 12.0 Å². The maximum absolute atomic E-state index is 11.7. The normalized spacial score (nSPS) is 11.2. The number of aromatic nitrogens is 1. The van der Waals surface area contributed by atoms with Crippen LogP contribution in [-0.2, 0) is 10.1 Å². The summed E-state index contributed by atoms with van der Waals surface area (Å²) in [6.45, 7) is 1.79. The van der Waals surface area contributed by atoms with E-state index >= 15 is 0 Å². The van der Waals surface area contributed by atoms with E-state index in [1.807, 2.05) is 0 Å². The molecule has 22 heavy (non-hydrogen) atoms. The Labute approximate surface area is 148 Å². The van der Waals surface area contributed by atoms with Crippen LogP contribution in [0, 0.1) is 6.92 Å². The number of furan rings is 1. The van der Waals surface area contributed by atoms with Crippen LogP contribution in [0.15, 0.2) is 45.1 Å². The number of hydrogen-bond acceptors (Lipinski definition) is 7. The zero-order valence-electron chi connectivity index (χ0n) is 11.8. The van der Waals surface area contributed by atoms with Gasteiger partial charge in [-0.2, -0.15) is 5.10 Å². The molecule has 2 rings (SSSR count). The van der Waals surface area contributed by atoms with Gasteiger partial charge in [-0.25, -0.2) is 13.8 Å². The topological polar surface area (TPSA) is 125 Å². The van der Waals surface area contributed by atoms with Crippen LogP contribution in [0.25, 0.3) is 0 Å². The Morgan fingerprint density at radius 3 is 2.64 bits per heavy atom. The second-order valence-electron chi connectivity index (χ2n) is 4.00. The van der Waals surface area contributed by atoms with Crippen molar-refractivity contribution in [3.8, 4) is 0 Å². The van der Waals surface area contributed by atoms with E-state index < -0.39 is 21.1 Å². The predicted molar refractivity (Wildman–Crippen MR) is 70.7 cm³/mol. The number of aryl methyl sites for hydroxylation is 1. The van der Waals surface area contributed by atoms with Crippen molar-refractivity contribution in [1.29, 1.82) is 0 Å². The SMILES string of the molecule is Cc1ccc(C(=O)NN=Cc2ccc(S(=O)(=O)[O-])o2)cn1.[Na+]. The van der Waals surface area contributed by atoms with E-state index in [4.69, 9.17) is 4.42 Å². The number of hydrazone groups is 1. The molecule has 0 aromatic carbocycles. The maximum Gasteiger partial charge on any atom is 1.00 e. The number of pyridine rings is 1. The summed E-state index contributed by atoms with van der Waals surface area (Å²) in [5, 5.41) is 2.88. The van der Waals surface area contributed by atoms with Gasteiger partial charge in [-0.15, -0.1) is 0 Å². The molecule has 0 unspecified atom stereocenters. The molecule has 10 heteroatoms. The molecule has 8 nitrogen and oxygen atoms in total. The average molecular weight is 331 g/mol. The number of rotatable bonds is 4. The third kappa shape index (κ3) is 5.04. The average Bonchev–Trinajstić information content (AvgIpc) is 2.88. The monoisotopic (exact) mass is 331 g/mol. The molecule has 0 aliphatic rings. The van der Waals surface area contributed by atoms with Gasteiger partial charge in [0.15, 0.2) is 10.1 Å². The van der Waals surface area contributed by atoms with Crippen molar-refractivity contribution in [2.24, 2.45) is 5.10 Å². The summed E-state index contributed by atoms with van der Waals surface area (Å²) in [5.74, 6) is -0.464. The predicted octanol–water partition coefficient (Wildman–Crippen LogP) is -2.34. The third-order valence-electron chi connectivity index (χ3n) is 2.38. The van der Waals surface area contributed by atoms with Crippen LogP contribution >= 0.6 is 0 Å². The Hall–Kier alpha value is -1.52. The Bertz CT molecular complexity index is 783. The fourth-order valence-electron chi connectivity index (χ4n) is 1.36. The third-order valence-corrected chi connectivity index (χ3v) is 3.09. The molecular formula is C12H10N3NaO5S. The summed E-state index contributed by atoms with van der Waals surface area (Å²) < 4.78 is 36.7. The summed E-state index contributed by atoms with van der Waals surface area (Å²) >= 11 is 0. The van der Waals surface area contributed by atoms with Gasteiger partial charge in [0.05, 0.1) is 11.8 Å². The van der Waals surface area contributed by atoms with Gasteiger partial charge in [-0.3, -0.25) is 9.78 Å². The van der Waals surface area contributed by atoms with Gasteiger partial charge in [0.1, 0.15) is 5.76 Å². The van der Waals surface area contributed by atoms with E-state index in [1.165, 1.54) is 12.3 Å². The summed E-state index contributed by atoms with van der Waals surface area (Å²) in [6.07, 6.45) is 2.48. The number of nitrogens with one attached hydrogen (secondary N) is 1. The standard InChI is InChI=1S/C12H11N3O5S.Na/c1-8-2-3-9(6-13-8)12(16)15-14-7-10-4-5-11(20-10)21(17,18)19;/h2-7H,1H3,(H,15,16)(H,17,18,19);/q;+1/p-1. The Kier molecular flexibility index (Phi) is 6.45. The molecule has 0 aliphatic heterocycles. The molecule has 2 aromatic rings. The van der Waals surface area contributed by atoms with E-state index in [0.717, 1.165) is 18.0 Å². The largest absolute Gasteiger partial charge is 1.00 e. The fraction of sp³-hybridized carbons (Fsp3) is 0.0833. The van der Waals surface area contributed by atoms with E-state index in [9.17, 15) is 17.8 Å². The molecule has 0 radical (unpaired) electrons. The molecule has 1 N–H and O–H groups in total. The fourth-order valence-corrected chi connectivity index (χ4v) is 1.79. The Balaban J connectivity index is 0.00000242. The summed E-state index contributed by atoms with van der Waals surface area (Å²) in [6, 6.07) is 5.52. The first-order chi connectivity index (χ1) is 9.86. The van der Waals surface area contributed by atoms with Gasteiger partial charge in [0, 0.05) is 11.9 Å². The zero-order chi connectivity index (χ0) is 15.5. The number of amides is 1. The second kappa shape index (κ2) is 7.65. The van der Waals surface area contributed by atoms with Crippen molar-refractivity contribution in [1.82, 2.24) is 10.4 Å². The molecule has 0 saturated heterocycles. The van der Waals surface area contributed by atoms with Gasteiger partial charge in [-0.1, -0.05) is 0 Å². The summed E-state index contributed by atoms with van der Waals surface area (Å²) in [5.41, 5.74) is 3.31. The summed E-state index contributed by atoms with van der Waals surface area (Å²) in [4.78, 5) is 15.6. The van der Waals surface area contributed by atoms with Crippen LogP contribution in [-0.4, -0.2) is 30.1 Å². The van der Waals surface area contributed by atoms with Crippen LogP contribution in [0.3, 0.4) is 0 Å². The quantitative estimate of drug-likeness (QED) is 0.290. The van der Waals surface area contributed by atoms with E-state index in [-0.39, 0.29) is 35.3 Å². The van der Waals surface area contributed by atoms with E-state index in [2.05, 4.69) is 15.5 Å². The zero-order valence-corrected chi connectivity index (χ0v) is 14.6. The Morgan fingerprint density at radius 1 is 1.36 bits per heavy atom. The van der Waals surface area contributed by atoms with Crippen molar-refractivity contribution < 1.29 is 51.7 Å². The van der Waals surface area contributed by atoms with Gasteiger partial charge in [-0.05, 0) is 31.2 Å². The Morgan fingerprint density at radius 2 is 2.09 bits per heavy atom. The molecule has 2 aromatic heterocycles. The molecule has 0 spiro atoms. The van der Waals surface area contributed by atoms with Crippen LogP contribution in [0.4, 0.5) is 0 Å². The number of nitrogens with zero attached hydrogens (tertiary/aromatic N) is 2. The molecular weight excluding hydrogens is 321 g/mol. The molecule has 0 aliphatic carbocycles. The minimum atomic E-state index is -4.64. The van der Waals surface area contributed by atoms with Crippen LogP contribution in [0.2, 0.25) is 0 Å². The van der Waals surface area contributed by atoms with E-state index in [1.54, 1.807) is 19.1 Å². The molecule has 0 atom stereocenters. The number of hydrogen-bond donors (Lipinski definition) is 1. The van der Waals surface area contributed by atoms with Crippen molar-refractivity contribution in [3.63, 3.8) is 0 Å². The molecule has 0 fully saturated rings. The van der Waals surface area contributed by atoms with Crippen LogP contribution < -0.4 is 35.0 Å². The minimum Gasteiger partial charge on any atom is -0.742 e. The summed E-state index contributed by atoms with van der Waals surface area (Å²) in [7, 11) is -4.64. The van der Waals surface area contributed by atoms with Crippen molar-refractivity contribution >= 4 is 22.2 Å². The first-order valence-corrected chi connectivity index (χ1v) is 7.09. The van der Waals surface area contributed by atoms with Gasteiger partial charge >= 0.3 is 29.6 Å². The maximum atomic E-state index is 11.7. The molecule has 1 amide bonds. The molecule has 0 saturated carbocycles. The van der Waals surface area contributed by atoms with Gasteiger partial charge in [0.25, 0.3) is 5.91 Å². The number of carbonyl (C=O) groups is 1. The molecule has 110 valence electrons. The number of carbonyl (C=O) groups excluding carboxylic acids is 1. The second-order valence-corrected chi connectivity index (χ2v) is 5.31. The first-order valence-electron chi connectivity index (χ1n) is 5.68. The van der Waals surface area contributed by atoms with Gasteiger partial charge in [0.2, 0.25) is 5.09 Å². The van der Waals surface area contributed by atoms with Gasteiger partial charge < -0.3 is 8.97 Å². The van der Waals surface area contributed by atoms with E-state index in [0.29, 0.717) is 5.56 Å². The van der Waals surface area contributed by atoms with Crippen molar-refractivity contribution in [3.05, 3.63) is 47.5 Å². The minimum absolute atomic E-state index is 0.